The van der Waals surface area contributed by atoms with Crippen LogP contribution in [0.4, 0.5) is 0 Å². The molecule has 2 aromatic carbocycles. The van der Waals surface area contributed by atoms with Gasteiger partial charge in [-0.25, -0.2) is 0 Å². The van der Waals surface area contributed by atoms with E-state index >= 15 is 0 Å². The molecule has 1 spiro atoms. The standard InChI is InChI=1S/C29H31N3O4.ClH/c33-22-8-7-17-13-23-29(35)10-9-21(31-27(34)19-14-30-20-4-2-1-3-18(19)20)26-28(29,24(17)25(22)36-26)11-12-32(23)15-16-5-6-16;/h1-4,7-8,14,16,21,23,26,30,33,35H,5-6,9-13,15H2,(H,31,34);1H/t21-,23+,26-,28-,29+;/m0./s1. The number of carbonyl (C=O) groups excluding carboxylic acids is 1. The van der Waals surface area contributed by atoms with E-state index < -0.39 is 17.1 Å². The average molecular weight is 522 g/mol. The summed E-state index contributed by atoms with van der Waals surface area (Å²) in [5, 5.41) is 27.5. The highest BCUT2D eigenvalue weighted by Crippen LogP contribution is 2.65. The summed E-state index contributed by atoms with van der Waals surface area (Å²) >= 11 is 0. The van der Waals surface area contributed by atoms with Crippen molar-refractivity contribution in [3.63, 3.8) is 0 Å². The van der Waals surface area contributed by atoms with Crippen molar-refractivity contribution in [2.45, 2.75) is 67.7 Å². The van der Waals surface area contributed by atoms with Crippen molar-refractivity contribution in [3.05, 3.63) is 59.3 Å². The fourth-order valence-corrected chi connectivity index (χ4v) is 8.13. The van der Waals surface area contributed by atoms with Gasteiger partial charge >= 0.3 is 0 Å². The number of hydrogen-bond donors (Lipinski definition) is 4. The smallest absolute Gasteiger partial charge is 0.253 e. The van der Waals surface area contributed by atoms with Crippen LogP contribution in [-0.2, 0) is 11.8 Å². The second kappa shape index (κ2) is 7.88. The lowest BCUT2D eigenvalue weighted by molar-refractivity contribution is -0.191. The molecule has 8 rings (SSSR count). The molecule has 7 nitrogen and oxygen atoms in total. The van der Waals surface area contributed by atoms with E-state index in [0.717, 1.165) is 48.3 Å². The van der Waals surface area contributed by atoms with E-state index in [0.29, 0.717) is 24.2 Å². The van der Waals surface area contributed by atoms with Crippen LogP contribution in [0.25, 0.3) is 10.9 Å². The molecule has 5 aliphatic rings. The molecule has 1 saturated heterocycles. The van der Waals surface area contributed by atoms with Crippen LogP contribution >= 0.6 is 12.4 Å². The molecule has 0 unspecified atom stereocenters. The highest BCUT2D eigenvalue weighted by atomic mass is 35.5. The summed E-state index contributed by atoms with van der Waals surface area (Å²) in [7, 11) is 0. The van der Waals surface area contributed by atoms with Crippen LogP contribution < -0.4 is 10.1 Å². The van der Waals surface area contributed by atoms with Crippen molar-refractivity contribution in [3.8, 4) is 11.5 Å². The topological polar surface area (TPSA) is 97.8 Å². The Bertz CT molecular complexity index is 1420. The van der Waals surface area contributed by atoms with E-state index in [2.05, 4.69) is 15.2 Å². The highest BCUT2D eigenvalue weighted by molar-refractivity contribution is 6.06. The van der Waals surface area contributed by atoms with Crippen LogP contribution in [0.2, 0.25) is 0 Å². The Morgan fingerprint density at radius 3 is 2.84 bits per heavy atom. The number of aromatic hydroxyl groups is 1. The molecule has 1 aromatic heterocycles. The van der Waals surface area contributed by atoms with Crippen LogP contribution in [0.3, 0.4) is 0 Å². The maximum absolute atomic E-state index is 13.5. The first kappa shape index (κ1) is 23.4. The van der Waals surface area contributed by atoms with Crippen molar-refractivity contribution in [2.75, 3.05) is 13.1 Å². The largest absolute Gasteiger partial charge is 0.504 e. The van der Waals surface area contributed by atoms with Crippen LogP contribution in [0.5, 0.6) is 11.5 Å². The van der Waals surface area contributed by atoms with E-state index in [1.807, 2.05) is 30.3 Å². The quantitative estimate of drug-likeness (QED) is 0.420. The lowest BCUT2D eigenvalue weighted by atomic mass is 9.48. The number of phenolic OH excluding ortho intramolecular Hbond substituents is 1. The molecule has 4 N–H and O–H groups in total. The zero-order valence-corrected chi connectivity index (χ0v) is 21.4. The Morgan fingerprint density at radius 1 is 1.16 bits per heavy atom. The van der Waals surface area contributed by atoms with Crippen molar-refractivity contribution >= 4 is 29.2 Å². The minimum atomic E-state index is -0.946. The summed E-state index contributed by atoms with van der Waals surface area (Å²) in [6.07, 6.45) is 6.69. The predicted octanol–water partition coefficient (Wildman–Crippen LogP) is 3.66. The average Bonchev–Trinajstić information content (AvgIpc) is 3.46. The van der Waals surface area contributed by atoms with Gasteiger partial charge in [-0.1, -0.05) is 24.3 Å². The first-order valence-electron chi connectivity index (χ1n) is 13.3. The van der Waals surface area contributed by atoms with Crippen LogP contribution in [-0.4, -0.2) is 62.9 Å². The third-order valence-corrected chi connectivity index (χ3v) is 9.91. The number of hydrogen-bond acceptors (Lipinski definition) is 5. The number of H-pyrrole nitrogens is 1. The number of para-hydroxylation sites is 1. The van der Waals surface area contributed by atoms with Gasteiger partial charge in [0.25, 0.3) is 5.91 Å². The van der Waals surface area contributed by atoms with Gasteiger partial charge in [-0.3, -0.25) is 9.69 Å². The monoisotopic (exact) mass is 521 g/mol. The highest BCUT2D eigenvalue weighted by Gasteiger charge is 2.73. The number of nitrogens with one attached hydrogen (secondary N) is 2. The van der Waals surface area contributed by atoms with Crippen molar-refractivity contribution in [1.82, 2.24) is 15.2 Å². The number of piperidine rings is 1. The molecule has 3 aromatic rings. The van der Waals surface area contributed by atoms with Crippen LogP contribution in [0, 0.1) is 5.92 Å². The Balaban J connectivity index is 0.00000231. The third kappa shape index (κ3) is 2.99. The maximum atomic E-state index is 13.5. The second-order valence-electron chi connectivity index (χ2n) is 11.7. The number of halogens is 1. The Labute approximate surface area is 221 Å². The molecule has 2 saturated carbocycles. The molecular formula is C29H32ClN3O4. The van der Waals surface area contributed by atoms with E-state index in [9.17, 15) is 15.0 Å². The van der Waals surface area contributed by atoms with Gasteiger partial charge in [0.1, 0.15) is 6.10 Å². The van der Waals surface area contributed by atoms with E-state index in [4.69, 9.17) is 4.74 Å². The fraction of sp³-hybridized carbons (Fsp3) is 0.483. The number of rotatable bonds is 4. The summed E-state index contributed by atoms with van der Waals surface area (Å²) < 4.78 is 6.57. The Morgan fingerprint density at radius 2 is 2.00 bits per heavy atom. The Hall–Kier alpha value is -2.74. The molecule has 194 valence electrons. The molecule has 2 bridgehead atoms. The number of phenols is 1. The molecule has 8 heteroatoms. The minimum Gasteiger partial charge on any atom is -0.504 e. The van der Waals surface area contributed by atoms with E-state index in [-0.39, 0.29) is 36.1 Å². The van der Waals surface area contributed by atoms with Gasteiger partial charge in [0.2, 0.25) is 0 Å². The first-order valence-corrected chi connectivity index (χ1v) is 13.3. The fourth-order valence-electron chi connectivity index (χ4n) is 8.13. The van der Waals surface area contributed by atoms with E-state index in [1.54, 1.807) is 12.3 Å². The number of carbonyl (C=O) groups is 1. The Kier molecular flexibility index (Phi) is 4.98. The summed E-state index contributed by atoms with van der Waals surface area (Å²) in [6, 6.07) is 11.3. The second-order valence-corrected chi connectivity index (χ2v) is 11.7. The van der Waals surface area contributed by atoms with Gasteiger partial charge in [0.05, 0.1) is 22.6 Å². The number of amides is 1. The number of benzene rings is 2. The molecule has 3 heterocycles. The molecule has 2 aliphatic heterocycles. The van der Waals surface area contributed by atoms with Crippen molar-refractivity contribution < 1.29 is 19.7 Å². The number of aliphatic hydroxyl groups is 1. The number of likely N-dealkylation sites (tertiary alicyclic amines) is 1. The summed E-state index contributed by atoms with van der Waals surface area (Å²) in [4.78, 5) is 19.2. The zero-order chi connectivity index (χ0) is 24.2. The van der Waals surface area contributed by atoms with Gasteiger partial charge in [-0.2, -0.15) is 0 Å². The number of aromatic nitrogens is 1. The van der Waals surface area contributed by atoms with Crippen molar-refractivity contribution in [1.29, 1.82) is 0 Å². The molecule has 5 atom stereocenters. The minimum absolute atomic E-state index is 0. The maximum Gasteiger partial charge on any atom is 0.253 e. The normalized spacial score (nSPS) is 33.4. The molecule has 1 amide bonds. The number of fused-ring (bicyclic) bond motifs is 1. The van der Waals surface area contributed by atoms with Gasteiger partial charge in [-0.15, -0.1) is 12.4 Å². The van der Waals surface area contributed by atoms with Gasteiger partial charge in [0, 0.05) is 35.2 Å². The molecule has 3 aliphatic carbocycles. The van der Waals surface area contributed by atoms with Gasteiger partial charge < -0.3 is 25.3 Å². The zero-order valence-electron chi connectivity index (χ0n) is 20.6. The molecule has 37 heavy (non-hydrogen) atoms. The number of nitrogens with zero attached hydrogens (tertiary/aromatic N) is 1. The number of aromatic amines is 1. The van der Waals surface area contributed by atoms with Gasteiger partial charge in [0.15, 0.2) is 11.5 Å². The van der Waals surface area contributed by atoms with Crippen LogP contribution in [0.1, 0.15) is 53.6 Å². The molecular weight excluding hydrogens is 490 g/mol. The third-order valence-electron chi connectivity index (χ3n) is 9.91. The first-order chi connectivity index (χ1) is 17.5. The predicted molar refractivity (Wildman–Crippen MR) is 142 cm³/mol. The SMILES string of the molecule is Cl.O=C(N[C@H]1CC[C@@]2(O)[C@H]3Cc4ccc(O)c5c4[C@@]2(CCN3CC2CC2)[C@H]1O5)c1c[nH]c2ccccc12. The lowest BCUT2D eigenvalue weighted by Crippen LogP contribution is -2.78. The number of ether oxygens (including phenoxy) is 1. The lowest BCUT2D eigenvalue weighted by Gasteiger charge is -2.64. The summed E-state index contributed by atoms with van der Waals surface area (Å²) in [6.45, 7) is 1.95. The summed E-state index contributed by atoms with van der Waals surface area (Å²) in [5.41, 5.74) is 2.13. The van der Waals surface area contributed by atoms with Crippen molar-refractivity contribution in [2.24, 2.45) is 5.92 Å². The molecule has 3 fully saturated rings. The van der Waals surface area contributed by atoms with Gasteiger partial charge in [-0.05, 0) is 68.7 Å². The van der Waals surface area contributed by atoms with E-state index in [1.165, 1.54) is 18.4 Å². The van der Waals surface area contributed by atoms with Crippen LogP contribution in [0.15, 0.2) is 42.6 Å². The molecule has 0 radical (unpaired) electrons. The summed E-state index contributed by atoms with van der Waals surface area (Å²) in [5.74, 6) is 1.25.